The summed E-state index contributed by atoms with van der Waals surface area (Å²) in [5, 5.41) is 11.7. The maximum atomic E-state index is 10.6. The molecule has 0 spiro atoms. The summed E-state index contributed by atoms with van der Waals surface area (Å²) in [6, 6.07) is 9.68. The van der Waals surface area contributed by atoms with Crippen molar-refractivity contribution >= 4 is 11.0 Å². The van der Waals surface area contributed by atoms with Crippen LogP contribution in [0.15, 0.2) is 34.7 Å². The smallest absolute Gasteiger partial charge is 0.140 e. The van der Waals surface area contributed by atoms with E-state index in [0.717, 1.165) is 23.8 Å². The van der Waals surface area contributed by atoms with Crippen molar-refractivity contribution in [2.24, 2.45) is 0 Å². The van der Waals surface area contributed by atoms with Gasteiger partial charge in [0.25, 0.3) is 0 Å². The second-order valence-corrected chi connectivity index (χ2v) is 4.79. The molecule has 0 fully saturated rings. The molecule has 19 heavy (non-hydrogen) atoms. The fourth-order valence-electron chi connectivity index (χ4n) is 2.60. The van der Waals surface area contributed by atoms with E-state index in [-0.39, 0.29) is 0 Å². The Morgan fingerprint density at radius 3 is 2.47 bits per heavy atom. The number of rotatable bonds is 6. The summed E-state index contributed by atoms with van der Waals surface area (Å²) < 4.78 is 11.6. The Morgan fingerprint density at radius 1 is 1.21 bits per heavy atom. The molecule has 1 heterocycles. The van der Waals surface area contributed by atoms with Crippen molar-refractivity contribution in [3.63, 3.8) is 0 Å². The van der Waals surface area contributed by atoms with E-state index in [1.807, 2.05) is 51.1 Å². The first-order valence-corrected chi connectivity index (χ1v) is 6.97. The van der Waals surface area contributed by atoms with E-state index in [1.54, 1.807) is 0 Å². The minimum atomic E-state index is -0.741. The van der Waals surface area contributed by atoms with E-state index in [0.29, 0.717) is 12.4 Å². The predicted octanol–water partition coefficient (Wildman–Crippen LogP) is 4.06. The highest BCUT2D eigenvalue weighted by Gasteiger charge is 2.38. The molecule has 1 atom stereocenters. The van der Waals surface area contributed by atoms with Gasteiger partial charge in [-0.1, -0.05) is 32.0 Å². The number of ether oxygens (including phenoxy) is 1. The number of aliphatic hydroxyl groups is 1. The minimum absolute atomic E-state index is 0.567. The lowest BCUT2D eigenvalue weighted by Crippen LogP contribution is -2.38. The van der Waals surface area contributed by atoms with Crippen molar-refractivity contribution in [3.05, 3.63) is 36.1 Å². The van der Waals surface area contributed by atoms with Gasteiger partial charge in [0.15, 0.2) is 0 Å². The molecule has 0 amide bonds. The number of para-hydroxylation sites is 1. The van der Waals surface area contributed by atoms with E-state index < -0.39 is 11.7 Å². The van der Waals surface area contributed by atoms with E-state index in [9.17, 15) is 5.11 Å². The van der Waals surface area contributed by atoms with Gasteiger partial charge in [-0.05, 0) is 31.9 Å². The Labute approximate surface area is 114 Å². The van der Waals surface area contributed by atoms with Gasteiger partial charge in [0.1, 0.15) is 23.0 Å². The second kappa shape index (κ2) is 5.76. The summed E-state index contributed by atoms with van der Waals surface area (Å²) in [6.45, 7) is 6.60. The lowest BCUT2D eigenvalue weighted by Gasteiger charge is -2.35. The lowest BCUT2D eigenvalue weighted by molar-refractivity contribution is -0.133. The standard InChI is InChI=1S/C16H22O3/c1-4-16(5-2,18-6-3)15(17)14-11-12-9-7-8-10-13(12)19-14/h7-11,15,17H,4-6H2,1-3H3. The summed E-state index contributed by atoms with van der Waals surface area (Å²) in [4.78, 5) is 0. The van der Waals surface area contributed by atoms with Crippen molar-refractivity contribution in [2.75, 3.05) is 6.61 Å². The topological polar surface area (TPSA) is 42.6 Å². The van der Waals surface area contributed by atoms with Gasteiger partial charge in [-0.3, -0.25) is 0 Å². The Hall–Kier alpha value is -1.32. The first-order valence-electron chi connectivity index (χ1n) is 6.97. The number of furan rings is 1. The van der Waals surface area contributed by atoms with Crippen molar-refractivity contribution in [2.45, 2.75) is 45.3 Å². The molecule has 1 aromatic carbocycles. The highest BCUT2D eigenvalue weighted by molar-refractivity contribution is 5.77. The molecule has 0 saturated heterocycles. The zero-order chi connectivity index (χ0) is 13.9. The number of aliphatic hydroxyl groups excluding tert-OH is 1. The van der Waals surface area contributed by atoms with Crippen molar-refractivity contribution in [3.8, 4) is 0 Å². The number of hydrogen-bond donors (Lipinski definition) is 1. The Bertz CT molecular complexity index is 493. The molecule has 0 aliphatic rings. The molecule has 1 unspecified atom stereocenters. The highest BCUT2D eigenvalue weighted by Crippen LogP contribution is 2.37. The maximum Gasteiger partial charge on any atom is 0.140 e. The molecule has 1 N–H and O–H groups in total. The summed E-state index contributed by atoms with van der Waals surface area (Å²) in [6.07, 6.45) is 0.750. The third-order valence-electron chi connectivity index (χ3n) is 3.84. The van der Waals surface area contributed by atoms with E-state index >= 15 is 0 Å². The van der Waals surface area contributed by atoms with Crippen LogP contribution in [0.4, 0.5) is 0 Å². The monoisotopic (exact) mass is 262 g/mol. The van der Waals surface area contributed by atoms with Crippen LogP contribution in [0.25, 0.3) is 11.0 Å². The van der Waals surface area contributed by atoms with Crippen molar-refractivity contribution in [1.82, 2.24) is 0 Å². The van der Waals surface area contributed by atoms with Crippen LogP contribution >= 0.6 is 0 Å². The summed E-state index contributed by atoms with van der Waals surface area (Å²) in [5.74, 6) is 0.582. The number of hydrogen-bond acceptors (Lipinski definition) is 3. The largest absolute Gasteiger partial charge is 0.458 e. The molecule has 1 aromatic heterocycles. The number of fused-ring (bicyclic) bond motifs is 1. The fourth-order valence-corrected chi connectivity index (χ4v) is 2.60. The molecule has 0 aliphatic carbocycles. The van der Waals surface area contributed by atoms with Crippen LogP contribution in [-0.4, -0.2) is 17.3 Å². The zero-order valence-electron chi connectivity index (χ0n) is 11.8. The van der Waals surface area contributed by atoms with Crippen LogP contribution in [0.2, 0.25) is 0 Å². The van der Waals surface area contributed by atoms with Crippen LogP contribution in [0.5, 0.6) is 0 Å². The molecule has 2 aromatic rings. The van der Waals surface area contributed by atoms with Gasteiger partial charge in [0.05, 0.1) is 0 Å². The van der Waals surface area contributed by atoms with Gasteiger partial charge in [-0.2, -0.15) is 0 Å². The van der Waals surface area contributed by atoms with Gasteiger partial charge < -0.3 is 14.3 Å². The fraction of sp³-hybridized carbons (Fsp3) is 0.500. The molecule has 3 heteroatoms. The van der Waals surface area contributed by atoms with Crippen LogP contribution in [0.1, 0.15) is 45.5 Å². The third kappa shape index (κ3) is 2.53. The van der Waals surface area contributed by atoms with Gasteiger partial charge in [0.2, 0.25) is 0 Å². The molecule has 104 valence electrons. The highest BCUT2D eigenvalue weighted by atomic mass is 16.5. The molecule has 0 aliphatic heterocycles. The summed E-state index contributed by atoms with van der Waals surface area (Å²) in [5.41, 5.74) is 0.233. The van der Waals surface area contributed by atoms with Crippen molar-refractivity contribution in [1.29, 1.82) is 0 Å². The average Bonchev–Trinajstić information content (AvgIpc) is 2.88. The molecule has 3 nitrogen and oxygen atoms in total. The normalized spacial score (nSPS) is 13.9. The quantitative estimate of drug-likeness (QED) is 0.853. The molecule has 0 radical (unpaired) electrons. The third-order valence-corrected chi connectivity index (χ3v) is 3.84. The minimum Gasteiger partial charge on any atom is -0.458 e. The first-order chi connectivity index (χ1) is 9.16. The molecule has 0 saturated carbocycles. The summed E-state index contributed by atoms with van der Waals surface area (Å²) in [7, 11) is 0. The Balaban J connectivity index is 2.37. The van der Waals surface area contributed by atoms with Gasteiger partial charge >= 0.3 is 0 Å². The maximum absolute atomic E-state index is 10.6. The van der Waals surface area contributed by atoms with Crippen LogP contribution < -0.4 is 0 Å². The second-order valence-electron chi connectivity index (χ2n) is 4.79. The molecule has 2 rings (SSSR count). The molecular formula is C16H22O3. The number of benzene rings is 1. The van der Waals surface area contributed by atoms with E-state index in [4.69, 9.17) is 9.15 Å². The SMILES string of the molecule is CCOC(CC)(CC)C(O)c1cc2ccccc2o1. The van der Waals surface area contributed by atoms with Crippen LogP contribution in [0, 0.1) is 0 Å². The van der Waals surface area contributed by atoms with Crippen LogP contribution in [0.3, 0.4) is 0 Å². The van der Waals surface area contributed by atoms with E-state index in [1.165, 1.54) is 0 Å². The van der Waals surface area contributed by atoms with Crippen LogP contribution in [-0.2, 0) is 4.74 Å². The van der Waals surface area contributed by atoms with E-state index in [2.05, 4.69) is 0 Å². The Kier molecular flexibility index (Phi) is 4.27. The lowest BCUT2D eigenvalue weighted by atomic mass is 9.88. The average molecular weight is 262 g/mol. The van der Waals surface area contributed by atoms with Crippen molar-refractivity contribution < 1.29 is 14.3 Å². The van der Waals surface area contributed by atoms with Gasteiger partial charge in [0, 0.05) is 12.0 Å². The Morgan fingerprint density at radius 2 is 1.89 bits per heavy atom. The van der Waals surface area contributed by atoms with Gasteiger partial charge in [-0.25, -0.2) is 0 Å². The van der Waals surface area contributed by atoms with Gasteiger partial charge in [-0.15, -0.1) is 0 Å². The predicted molar refractivity (Wildman–Crippen MR) is 76.1 cm³/mol. The first kappa shape index (κ1) is 14.1. The molecule has 0 bridgehead atoms. The molecular weight excluding hydrogens is 240 g/mol. The zero-order valence-corrected chi connectivity index (χ0v) is 11.8. The summed E-state index contributed by atoms with van der Waals surface area (Å²) >= 11 is 0.